The van der Waals surface area contributed by atoms with E-state index in [4.69, 9.17) is 0 Å². The topological polar surface area (TPSA) is 58.2 Å². The molecule has 2 N–H and O–H groups in total. The Kier molecular flexibility index (Phi) is 7.87. The van der Waals surface area contributed by atoms with Gasteiger partial charge in [-0.1, -0.05) is 33.6 Å². The van der Waals surface area contributed by atoms with Gasteiger partial charge in [0.05, 0.1) is 0 Å². The van der Waals surface area contributed by atoms with Gasteiger partial charge in [-0.2, -0.15) is 0 Å². The van der Waals surface area contributed by atoms with Gasteiger partial charge >= 0.3 is 0 Å². The van der Waals surface area contributed by atoms with E-state index in [0.717, 1.165) is 37.2 Å². The summed E-state index contributed by atoms with van der Waals surface area (Å²) >= 11 is 1.37. The molecule has 0 amide bonds. The Balaban J connectivity index is 2.70. The van der Waals surface area contributed by atoms with Crippen LogP contribution in [0.2, 0.25) is 0 Å². The van der Waals surface area contributed by atoms with Crippen molar-refractivity contribution < 1.29 is 8.42 Å². The summed E-state index contributed by atoms with van der Waals surface area (Å²) in [5.41, 5.74) is 0. The third-order valence-electron chi connectivity index (χ3n) is 3.80. The van der Waals surface area contributed by atoms with Gasteiger partial charge in [-0.05, 0) is 44.5 Å². The van der Waals surface area contributed by atoms with E-state index in [1.54, 1.807) is 6.07 Å². The first-order chi connectivity index (χ1) is 9.94. The first-order valence-electron chi connectivity index (χ1n) is 7.76. The standard InChI is InChI=1S/C15H28N2O2S2/c1-5-13(6-2)12(4)17-21(18,19)15-9-8-14(20-15)10-11-16-7-3/h8-9,12-13,16-17H,5-7,10-11H2,1-4H3. The van der Waals surface area contributed by atoms with Crippen LogP contribution in [0.5, 0.6) is 0 Å². The zero-order valence-corrected chi connectivity index (χ0v) is 15.1. The molecule has 1 atom stereocenters. The van der Waals surface area contributed by atoms with Crippen molar-refractivity contribution in [2.45, 2.75) is 57.2 Å². The van der Waals surface area contributed by atoms with Crippen molar-refractivity contribution >= 4 is 21.4 Å². The third kappa shape index (κ3) is 5.70. The van der Waals surface area contributed by atoms with Crippen LogP contribution in [0.4, 0.5) is 0 Å². The molecule has 0 aliphatic carbocycles. The van der Waals surface area contributed by atoms with E-state index in [-0.39, 0.29) is 6.04 Å². The van der Waals surface area contributed by atoms with Gasteiger partial charge in [0.2, 0.25) is 10.0 Å². The highest BCUT2D eigenvalue weighted by Gasteiger charge is 2.23. The summed E-state index contributed by atoms with van der Waals surface area (Å²) in [6, 6.07) is 3.60. The molecule has 6 heteroatoms. The van der Waals surface area contributed by atoms with Gasteiger partial charge in [-0.15, -0.1) is 11.3 Å². The molecule has 1 aromatic heterocycles. The van der Waals surface area contributed by atoms with Crippen molar-refractivity contribution in [3.63, 3.8) is 0 Å². The molecule has 0 spiro atoms. The van der Waals surface area contributed by atoms with Gasteiger partial charge in [0.25, 0.3) is 0 Å². The van der Waals surface area contributed by atoms with Gasteiger partial charge in [0.15, 0.2) is 0 Å². The third-order valence-corrected chi connectivity index (χ3v) is 6.99. The molecule has 0 bridgehead atoms. The molecule has 21 heavy (non-hydrogen) atoms. The average Bonchev–Trinajstić information content (AvgIpc) is 2.89. The van der Waals surface area contributed by atoms with Crippen molar-refractivity contribution in [2.24, 2.45) is 5.92 Å². The van der Waals surface area contributed by atoms with Crippen LogP contribution < -0.4 is 10.0 Å². The maximum atomic E-state index is 12.4. The first kappa shape index (κ1) is 18.6. The number of rotatable bonds is 10. The molecule has 4 nitrogen and oxygen atoms in total. The molecule has 1 aromatic rings. The predicted octanol–water partition coefficient (Wildman–Crippen LogP) is 3.00. The van der Waals surface area contributed by atoms with Crippen molar-refractivity contribution in [2.75, 3.05) is 13.1 Å². The fourth-order valence-corrected chi connectivity index (χ4v) is 5.10. The maximum Gasteiger partial charge on any atom is 0.250 e. The van der Waals surface area contributed by atoms with Crippen LogP contribution in [0.3, 0.4) is 0 Å². The van der Waals surface area contributed by atoms with Crippen LogP contribution in [-0.4, -0.2) is 27.5 Å². The summed E-state index contributed by atoms with van der Waals surface area (Å²) < 4.78 is 28.1. The average molecular weight is 333 g/mol. The fraction of sp³-hybridized carbons (Fsp3) is 0.733. The minimum Gasteiger partial charge on any atom is -0.317 e. The van der Waals surface area contributed by atoms with Gasteiger partial charge in [0, 0.05) is 10.9 Å². The second-order valence-corrected chi connectivity index (χ2v) is 8.42. The number of hydrogen-bond acceptors (Lipinski definition) is 4. The van der Waals surface area contributed by atoms with E-state index in [0.29, 0.717) is 10.1 Å². The highest BCUT2D eigenvalue weighted by Crippen LogP contribution is 2.23. The summed E-state index contributed by atoms with van der Waals surface area (Å²) in [7, 11) is -3.39. The lowest BCUT2D eigenvalue weighted by molar-refractivity contribution is 0.391. The molecule has 0 fully saturated rings. The molecule has 0 aliphatic heterocycles. The van der Waals surface area contributed by atoms with Crippen LogP contribution in [0.25, 0.3) is 0 Å². The van der Waals surface area contributed by atoms with E-state index in [1.165, 1.54) is 11.3 Å². The molecule has 0 saturated carbocycles. The van der Waals surface area contributed by atoms with Gasteiger partial charge in [-0.25, -0.2) is 13.1 Å². The molecule has 1 heterocycles. The Morgan fingerprint density at radius 3 is 2.43 bits per heavy atom. The normalized spacial score (nSPS) is 13.8. The lowest BCUT2D eigenvalue weighted by atomic mass is 9.96. The van der Waals surface area contributed by atoms with E-state index in [2.05, 4.69) is 30.8 Å². The van der Waals surface area contributed by atoms with Crippen LogP contribution >= 0.6 is 11.3 Å². The molecule has 0 radical (unpaired) electrons. The molecule has 0 aliphatic rings. The lowest BCUT2D eigenvalue weighted by Crippen LogP contribution is -2.37. The summed E-state index contributed by atoms with van der Waals surface area (Å²) in [5.74, 6) is 0.382. The van der Waals surface area contributed by atoms with Crippen LogP contribution in [0.15, 0.2) is 16.3 Å². The maximum absolute atomic E-state index is 12.4. The Morgan fingerprint density at radius 2 is 1.86 bits per heavy atom. The fourth-order valence-electron chi connectivity index (χ4n) is 2.42. The highest BCUT2D eigenvalue weighted by molar-refractivity contribution is 7.91. The minimum atomic E-state index is -3.39. The first-order valence-corrected chi connectivity index (χ1v) is 10.1. The molecular weight excluding hydrogens is 304 g/mol. The van der Waals surface area contributed by atoms with E-state index in [9.17, 15) is 8.42 Å². The van der Waals surface area contributed by atoms with E-state index < -0.39 is 10.0 Å². The molecular formula is C15H28N2O2S2. The number of nitrogens with one attached hydrogen (secondary N) is 2. The molecule has 122 valence electrons. The number of thiophene rings is 1. The van der Waals surface area contributed by atoms with Crippen molar-refractivity contribution in [3.05, 3.63) is 17.0 Å². The lowest BCUT2D eigenvalue weighted by Gasteiger charge is -2.21. The zero-order chi connectivity index (χ0) is 15.9. The Hall–Kier alpha value is -0.430. The van der Waals surface area contributed by atoms with E-state index in [1.807, 2.05) is 13.0 Å². The Bertz CT molecular complexity index is 507. The molecule has 0 aromatic carbocycles. The molecule has 1 unspecified atom stereocenters. The highest BCUT2D eigenvalue weighted by atomic mass is 32.2. The number of sulfonamides is 1. The Labute approximate surface area is 133 Å². The van der Waals surface area contributed by atoms with Crippen molar-refractivity contribution in [1.29, 1.82) is 0 Å². The summed E-state index contributed by atoms with van der Waals surface area (Å²) in [6.07, 6.45) is 2.84. The summed E-state index contributed by atoms with van der Waals surface area (Å²) in [6.45, 7) is 10.0. The number of hydrogen-bond donors (Lipinski definition) is 2. The van der Waals surface area contributed by atoms with Crippen LogP contribution in [0, 0.1) is 5.92 Å². The smallest absolute Gasteiger partial charge is 0.250 e. The van der Waals surface area contributed by atoms with Crippen molar-refractivity contribution in [3.8, 4) is 0 Å². The second kappa shape index (κ2) is 8.88. The summed E-state index contributed by atoms with van der Waals surface area (Å²) in [5, 5.41) is 3.25. The van der Waals surface area contributed by atoms with Gasteiger partial charge in [-0.3, -0.25) is 0 Å². The van der Waals surface area contributed by atoms with Crippen LogP contribution in [-0.2, 0) is 16.4 Å². The number of likely N-dealkylation sites (N-methyl/N-ethyl adjacent to an activating group) is 1. The van der Waals surface area contributed by atoms with Gasteiger partial charge < -0.3 is 5.32 Å². The SMILES string of the molecule is CCNCCc1ccc(S(=O)(=O)NC(C)C(CC)CC)s1. The quantitative estimate of drug-likeness (QED) is 0.648. The predicted molar refractivity (Wildman–Crippen MR) is 90.4 cm³/mol. The Morgan fingerprint density at radius 1 is 1.19 bits per heavy atom. The monoisotopic (exact) mass is 332 g/mol. The van der Waals surface area contributed by atoms with Crippen LogP contribution in [0.1, 0.15) is 45.4 Å². The second-order valence-electron chi connectivity index (χ2n) is 5.31. The van der Waals surface area contributed by atoms with E-state index >= 15 is 0 Å². The van der Waals surface area contributed by atoms with Gasteiger partial charge in [0.1, 0.15) is 4.21 Å². The summed E-state index contributed by atoms with van der Waals surface area (Å²) in [4.78, 5) is 1.10. The largest absolute Gasteiger partial charge is 0.317 e. The molecule has 1 rings (SSSR count). The molecule has 0 saturated heterocycles. The minimum absolute atomic E-state index is 0.0303. The van der Waals surface area contributed by atoms with Crippen molar-refractivity contribution in [1.82, 2.24) is 10.0 Å². The zero-order valence-electron chi connectivity index (χ0n) is 13.5.